The summed E-state index contributed by atoms with van der Waals surface area (Å²) in [5.74, 6) is 0. The molecule has 0 bridgehead atoms. The van der Waals surface area contributed by atoms with Gasteiger partial charge in [0.25, 0.3) is 0 Å². The minimum absolute atomic E-state index is 0.0138. The zero-order valence-electron chi connectivity index (χ0n) is 10.6. The van der Waals surface area contributed by atoms with Gasteiger partial charge in [-0.3, -0.25) is 4.68 Å². The van der Waals surface area contributed by atoms with Crippen LogP contribution in [0, 0.1) is 0 Å². The molecule has 0 amide bonds. The summed E-state index contributed by atoms with van der Waals surface area (Å²) in [6, 6.07) is 0. The van der Waals surface area contributed by atoms with Gasteiger partial charge in [0, 0.05) is 38.3 Å². The highest BCUT2D eigenvalue weighted by atomic mass is 16.7. The van der Waals surface area contributed by atoms with E-state index in [1.54, 1.807) is 0 Å². The Balaban J connectivity index is 1.68. The highest BCUT2D eigenvalue weighted by Gasteiger charge is 2.14. The lowest BCUT2D eigenvalue weighted by atomic mass is 10.3. The van der Waals surface area contributed by atoms with Crippen LogP contribution >= 0.6 is 0 Å². The molecule has 0 radical (unpaired) electrons. The maximum Gasteiger partial charge on any atom is 0.158 e. The number of hydrogen-bond donors (Lipinski definition) is 0. The molecule has 1 saturated heterocycles. The number of aromatic nitrogens is 2. The second-order valence-electron chi connectivity index (χ2n) is 4.57. The molecule has 0 spiro atoms. The Hall–Kier alpha value is -0.910. The van der Waals surface area contributed by atoms with Crippen LogP contribution in [0.15, 0.2) is 12.4 Å². The first-order valence-electron chi connectivity index (χ1n) is 6.13. The van der Waals surface area contributed by atoms with E-state index in [9.17, 15) is 0 Å². The van der Waals surface area contributed by atoms with Gasteiger partial charge in [-0.1, -0.05) is 0 Å². The van der Waals surface area contributed by atoms with Gasteiger partial charge in [0.15, 0.2) is 6.29 Å². The lowest BCUT2D eigenvalue weighted by Crippen LogP contribution is -2.29. The van der Waals surface area contributed by atoms with E-state index in [-0.39, 0.29) is 6.29 Å². The molecular formula is C12H21N3O2. The Kier molecular flexibility index (Phi) is 4.53. The molecule has 1 fully saturated rings. The second kappa shape index (κ2) is 6.14. The number of ether oxygens (including phenoxy) is 2. The van der Waals surface area contributed by atoms with Gasteiger partial charge in [-0.05, 0) is 13.5 Å². The normalized spacial score (nSPS) is 17.8. The van der Waals surface area contributed by atoms with Crippen molar-refractivity contribution in [2.45, 2.75) is 25.7 Å². The molecule has 0 aliphatic carbocycles. The fourth-order valence-corrected chi connectivity index (χ4v) is 1.97. The summed E-state index contributed by atoms with van der Waals surface area (Å²) in [6.07, 6.45) is 5.88. The van der Waals surface area contributed by atoms with Crippen LogP contribution in [0.3, 0.4) is 0 Å². The van der Waals surface area contributed by atoms with Crippen molar-refractivity contribution in [1.29, 1.82) is 0 Å². The van der Waals surface area contributed by atoms with Gasteiger partial charge in [-0.25, -0.2) is 0 Å². The fraction of sp³-hybridized carbons (Fsp3) is 0.750. The summed E-state index contributed by atoms with van der Waals surface area (Å²) in [5, 5.41) is 4.16. The lowest BCUT2D eigenvalue weighted by molar-refractivity contribution is -0.182. The molecule has 2 rings (SSSR count). The Labute approximate surface area is 102 Å². The molecule has 1 aliphatic rings. The zero-order chi connectivity index (χ0) is 12.1. The maximum absolute atomic E-state index is 5.52. The van der Waals surface area contributed by atoms with Crippen LogP contribution in [0.5, 0.6) is 0 Å². The molecule has 0 aromatic carbocycles. The third-order valence-electron chi connectivity index (χ3n) is 2.85. The molecule has 5 heteroatoms. The first-order valence-corrected chi connectivity index (χ1v) is 6.13. The van der Waals surface area contributed by atoms with E-state index in [0.29, 0.717) is 0 Å². The van der Waals surface area contributed by atoms with Gasteiger partial charge in [-0.2, -0.15) is 5.10 Å². The summed E-state index contributed by atoms with van der Waals surface area (Å²) < 4.78 is 12.9. The molecule has 1 aromatic rings. The molecular weight excluding hydrogens is 218 g/mol. The highest BCUT2D eigenvalue weighted by molar-refractivity contribution is 5.02. The Bertz CT molecular complexity index is 334. The molecule has 0 unspecified atom stereocenters. The average molecular weight is 239 g/mol. The van der Waals surface area contributed by atoms with Crippen molar-refractivity contribution >= 4 is 0 Å². The fourth-order valence-electron chi connectivity index (χ4n) is 1.97. The smallest absolute Gasteiger partial charge is 0.158 e. The molecule has 1 aliphatic heterocycles. The minimum atomic E-state index is -0.0138. The summed E-state index contributed by atoms with van der Waals surface area (Å²) in [4.78, 5) is 2.26. The summed E-state index contributed by atoms with van der Waals surface area (Å²) in [5.41, 5.74) is 1.24. The first-order chi connectivity index (χ1) is 8.24. The van der Waals surface area contributed by atoms with Crippen molar-refractivity contribution in [3.8, 4) is 0 Å². The molecule has 96 valence electrons. The van der Waals surface area contributed by atoms with Gasteiger partial charge in [-0.15, -0.1) is 0 Å². The van der Waals surface area contributed by atoms with Crippen LogP contribution in [0.25, 0.3) is 0 Å². The predicted octanol–water partition coefficient (Wildman–Crippen LogP) is 1.00. The Morgan fingerprint density at radius 1 is 1.47 bits per heavy atom. The number of aryl methyl sites for hydroxylation is 1. The van der Waals surface area contributed by atoms with Crippen LogP contribution < -0.4 is 0 Å². The second-order valence-corrected chi connectivity index (χ2v) is 4.57. The lowest BCUT2D eigenvalue weighted by Gasteiger charge is -2.25. The summed E-state index contributed by atoms with van der Waals surface area (Å²) >= 11 is 0. The Morgan fingerprint density at radius 2 is 2.24 bits per heavy atom. The molecule has 0 saturated carbocycles. The van der Waals surface area contributed by atoms with Crippen molar-refractivity contribution in [3.05, 3.63) is 18.0 Å². The summed E-state index contributed by atoms with van der Waals surface area (Å²) in [7, 11) is 4.04. The number of nitrogens with zero attached hydrogens (tertiary/aromatic N) is 3. The van der Waals surface area contributed by atoms with E-state index in [4.69, 9.17) is 9.47 Å². The standard InChI is InChI=1S/C12H21N3O2/c1-14(9-11-8-13-15(2)10-11)5-4-12-16-6-3-7-17-12/h8,10,12H,3-7,9H2,1-2H3. The molecule has 1 aromatic heterocycles. The van der Waals surface area contributed by atoms with Crippen molar-refractivity contribution in [3.63, 3.8) is 0 Å². The third kappa shape index (κ3) is 4.11. The van der Waals surface area contributed by atoms with Crippen LogP contribution in [-0.4, -0.2) is 47.8 Å². The van der Waals surface area contributed by atoms with Gasteiger partial charge in [0.2, 0.25) is 0 Å². The number of hydrogen-bond acceptors (Lipinski definition) is 4. The van der Waals surface area contributed by atoms with Gasteiger partial charge >= 0.3 is 0 Å². The van der Waals surface area contributed by atoms with Crippen molar-refractivity contribution in [2.24, 2.45) is 7.05 Å². The van der Waals surface area contributed by atoms with E-state index >= 15 is 0 Å². The largest absolute Gasteiger partial charge is 0.353 e. The topological polar surface area (TPSA) is 39.5 Å². The van der Waals surface area contributed by atoms with Crippen molar-refractivity contribution in [2.75, 3.05) is 26.8 Å². The van der Waals surface area contributed by atoms with Crippen LogP contribution in [-0.2, 0) is 23.1 Å². The van der Waals surface area contributed by atoms with Gasteiger partial charge < -0.3 is 14.4 Å². The molecule has 2 heterocycles. The van der Waals surface area contributed by atoms with Crippen LogP contribution in [0.2, 0.25) is 0 Å². The van der Waals surface area contributed by atoms with E-state index in [1.807, 2.05) is 24.1 Å². The van der Waals surface area contributed by atoms with Gasteiger partial charge in [0.05, 0.1) is 19.4 Å². The quantitative estimate of drug-likeness (QED) is 0.768. The molecule has 0 atom stereocenters. The minimum Gasteiger partial charge on any atom is -0.353 e. The predicted molar refractivity (Wildman–Crippen MR) is 64.5 cm³/mol. The van der Waals surface area contributed by atoms with Crippen molar-refractivity contribution in [1.82, 2.24) is 14.7 Å². The van der Waals surface area contributed by atoms with E-state index in [1.165, 1.54) is 5.56 Å². The van der Waals surface area contributed by atoms with Gasteiger partial charge in [0.1, 0.15) is 0 Å². The average Bonchev–Trinajstić information content (AvgIpc) is 2.73. The zero-order valence-corrected chi connectivity index (χ0v) is 10.6. The SMILES string of the molecule is CN(CCC1OCCCO1)Cc1cnn(C)c1. The van der Waals surface area contributed by atoms with E-state index in [2.05, 4.69) is 17.0 Å². The van der Waals surface area contributed by atoms with E-state index in [0.717, 1.165) is 39.1 Å². The van der Waals surface area contributed by atoms with Crippen molar-refractivity contribution < 1.29 is 9.47 Å². The van der Waals surface area contributed by atoms with E-state index < -0.39 is 0 Å². The first kappa shape index (κ1) is 12.5. The molecule has 17 heavy (non-hydrogen) atoms. The molecule has 5 nitrogen and oxygen atoms in total. The highest BCUT2D eigenvalue weighted by Crippen LogP contribution is 2.10. The summed E-state index contributed by atoms with van der Waals surface area (Å²) in [6.45, 7) is 3.55. The van der Waals surface area contributed by atoms with Crippen LogP contribution in [0.1, 0.15) is 18.4 Å². The maximum atomic E-state index is 5.52. The Morgan fingerprint density at radius 3 is 2.88 bits per heavy atom. The number of rotatable bonds is 5. The third-order valence-corrected chi connectivity index (χ3v) is 2.85. The monoisotopic (exact) mass is 239 g/mol. The van der Waals surface area contributed by atoms with Crippen LogP contribution in [0.4, 0.5) is 0 Å². The molecule has 0 N–H and O–H groups in total.